The largest absolute Gasteiger partial charge is 0.374 e. The summed E-state index contributed by atoms with van der Waals surface area (Å²) in [5.41, 5.74) is 2.12. The van der Waals surface area contributed by atoms with Crippen molar-refractivity contribution in [3.63, 3.8) is 0 Å². The molecule has 0 spiro atoms. The number of aryl methyl sites for hydroxylation is 1. The Labute approximate surface area is 141 Å². The Hall–Kier alpha value is -2.34. The van der Waals surface area contributed by atoms with Crippen molar-refractivity contribution in [3.05, 3.63) is 53.4 Å². The van der Waals surface area contributed by atoms with Crippen LogP contribution in [0.2, 0.25) is 0 Å². The molecule has 1 unspecified atom stereocenters. The van der Waals surface area contributed by atoms with E-state index in [1.807, 2.05) is 31.2 Å². The first kappa shape index (κ1) is 16.5. The molecule has 2 heterocycles. The van der Waals surface area contributed by atoms with E-state index in [4.69, 9.17) is 9.26 Å². The number of aromatic nitrogens is 1. The summed E-state index contributed by atoms with van der Waals surface area (Å²) in [6.07, 6.45) is 1.66. The van der Waals surface area contributed by atoms with Crippen LogP contribution in [0.1, 0.15) is 23.9 Å². The highest BCUT2D eigenvalue weighted by atomic mass is 16.5. The van der Waals surface area contributed by atoms with Gasteiger partial charge in [0.1, 0.15) is 0 Å². The Kier molecular flexibility index (Phi) is 5.48. The molecule has 0 aliphatic carbocycles. The fourth-order valence-corrected chi connectivity index (χ4v) is 2.78. The van der Waals surface area contributed by atoms with Gasteiger partial charge in [0.05, 0.1) is 24.9 Å². The van der Waals surface area contributed by atoms with Gasteiger partial charge in [0.2, 0.25) is 0 Å². The quantitative estimate of drug-likeness (QED) is 0.914. The molecule has 0 saturated carbocycles. The van der Waals surface area contributed by atoms with E-state index >= 15 is 0 Å². The molecule has 0 bridgehead atoms. The Bertz CT molecular complexity index is 657. The molecule has 1 aromatic heterocycles. The maximum atomic E-state index is 12.3. The first-order valence-electron chi connectivity index (χ1n) is 8.37. The number of amides is 2. The highest BCUT2D eigenvalue weighted by molar-refractivity contribution is 5.74. The van der Waals surface area contributed by atoms with Crippen LogP contribution >= 0.6 is 0 Å². The zero-order chi connectivity index (χ0) is 16.8. The molecule has 1 aliphatic rings. The number of nitrogens with one attached hydrogen (secondary N) is 1. The van der Waals surface area contributed by atoms with Crippen LogP contribution in [0.25, 0.3) is 0 Å². The van der Waals surface area contributed by atoms with Crippen LogP contribution in [-0.4, -0.2) is 41.9 Å². The summed E-state index contributed by atoms with van der Waals surface area (Å²) in [6, 6.07) is 12.0. The second-order valence-corrected chi connectivity index (χ2v) is 5.93. The van der Waals surface area contributed by atoms with Gasteiger partial charge in [0.25, 0.3) is 0 Å². The van der Waals surface area contributed by atoms with Crippen LogP contribution in [-0.2, 0) is 24.1 Å². The molecular formula is C18H23N3O3. The molecule has 1 aliphatic heterocycles. The van der Waals surface area contributed by atoms with E-state index in [1.54, 1.807) is 4.90 Å². The molecule has 2 amide bonds. The number of nitrogens with zero attached hydrogens (tertiary/aromatic N) is 2. The summed E-state index contributed by atoms with van der Waals surface area (Å²) in [5, 5.41) is 6.81. The van der Waals surface area contributed by atoms with Crippen molar-refractivity contribution in [2.24, 2.45) is 0 Å². The summed E-state index contributed by atoms with van der Waals surface area (Å²) < 4.78 is 11.0. The minimum Gasteiger partial charge on any atom is -0.374 e. The number of benzene rings is 1. The van der Waals surface area contributed by atoms with Crippen molar-refractivity contribution in [1.82, 2.24) is 15.4 Å². The van der Waals surface area contributed by atoms with Gasteiger partial charge in [-0.2, -0.15) is 0 Å². The van der Waals surface area contributed by atoms with Crippen LogP contribution in [0.15, 0.2) is 40.9 Å². The van der Waals surface area contributed by atoms with Crippen molar-refractivity contribution >= 4 is 6.03 Å². The molecule has 1 atom stereocenters. The number of hydrogen-bond acceptors (Lipinski definition) is 4. The first-order chi connectivity index (χ1) is 11.7. The van der Waals surface area contributed by atoms with Crippen molar-refractivity contribution in [1.29, 1.82) is 0 Å². The third kappa shape index (κ3) is 4.35. The molecule has 128 valence electrons. The van der Waals surface area contributed by atoms with Gasteiger partial charge in [0.15, 0.2) is 5.76 Å². The molecule has 6 nitrogen and oxygen atoms in total. The zero-order valence-corrected chi connectivity index (χ0v) is 13.9. The number of ether oxygens (including phenoxy) is 1. The summed E-state index contributed by atoms with van der Waals surface area (Å²) in [6.45, 7) is 4.13. The average Bonchev–Trinajstić information content (AvgIpc) is 3.09. The van der Waals surface area contributed by atoms with Gasteiger partial charge in [-0.3, -0.25) is 0 Å². The fourth-order valence-electron chi connectivity index (χ4n) is 2.78. The Morgan fingerprint density at radius 2 is 2.21 bits per heavy atom. The van der Waals surface area contributed by atoms with Gasteiger partial charge in [-0.05, 0) is 12.0 Å². The number of urea groups is 1. The van der Waals surface area contributed by atoms with Crippen molar-refractivity contribution < 1.29 is 14.1 Å². The Morgan fingerprint density at radius 3 is 2.96 bits per heavy atom. The molecule has 1 saturated heterocycles. The second kappa shape index (κ2) is 7.97. The molecule has 6 heteroatoms. The van der Waals surface area contributed by atoms with E-state index in [0.29, 0.717) is 32.0 Å². The van der Waals surface area contributed by atoms with Crippen LogP contribution < -0.4 is 5.32 Å². The minimum atomic E-state index is -0.0918. The van der Waals surface area contributed by atoms with Crippen LogP contribution in [0.4, 0.5) is 4.79 Å². The normalized spacial score (nSPS) is 17.7. The predicted octanol–water partition coefficient (Wildman–Crippen LogP) is 2.39. The molecular weight excluding hydrogens is 306 g/mol. The lowest BCUT2D eigenvalue weighted by molar-refractivity contribution is -0.0133. The molecule has 24 heavy (non-hydrogen) atoms. The smallest absolute Gasteiger partial charge is 0.317 e. The zero-order valence-electron chi connectivity index (χ0n) is 13.9. The van der Waals surface area contributed by atoms with E-state index in [0.717, 1.165) is 18.5 Å². The number of hydrogen-bond donors (Lipinski definition) is 1. The van der Waals surface area contributed by atoms with Gasteiger partial charge in [0, 0.05) is 25.6 Å². The Balaban J connectivity index is 1.49. The predicted molar refractivity (Wildman–Crippen MR) is 89.6 cm³/mol. The lowest BCUT2D eigenvalue weighted by atomic mass is 10.1. The highest BCUT2D eigenvalue weighted by Crippen LogP contribution is 2.12. The second-order valence-electron chi connectivity index (χ2n) is 5.93. The number of rotatable bonds is 5. The maximum absolute atomic E-state index is 12.3. The average molecular weight is 329 g/mol. The van der Waals surface area contributed by atoms with Crippen LogP contribution in [0, 0.1) is 0 Å². The summed E-state index contributed by atoms with van der Waals surface area (Å²) >= 11 is 0. The highest BCUT2D eigenvalue weighted by Gasteiger charge is 2.24. The van der Waals surface area contributed by atoms with Gasteiger partial charge in [-0.1, -0.05) is 42.4 Å². The molecule has 0 radical (unpaired) electrons. The van der Waals surface area contributed by atoms with E-state index in [2.05, 4.69) is 22.6 Å². The lowest BCUT2D eigenvalue weighted by Crippen LogP contribution is -2.50. The maximum Gasteiger partial charge on any atom is 0.317 e. The lowest BCUT2D eigenvalue weighted by Gasteiger charge is -2.33. The van der Waals surface area contributed by atoms with E-state index in [1.165, 1.54) is 5.56 Å². The van der Waals surface area contributed by atoms with Crippen LogP contribution in [0.5, 0.6) is 0 Å². The SMILES string of the molecule is CCc1cc(CNC(=O)N2CCOC(Cc3ccccc3)C2)on1. The minimum absolute atomic E-state index is 0.0314. The topological polar surface area (TPSA) is 67.6 Å². The van der Waals surface area contributed by atoms with Crippen molar-refractivity contribution in [2.45, 2.75) is 32.4 Å². The number of carbonyl (C=O) groups is 1. The van der Waals surface area contributed by atoms with Gasteiger partial charge in [-0.25, -0.2) is 4.79 Å². The monoisotopic (exact) mass is 329 g/mol. The van der Waals surface area contributed by atoms with Gasteiger partial charge in [-0.15, -0.1) is 0 Å². The van der Waals surface area contributed by atoms with Gasteiger partial charge >= 0.3 is 6.03 Å². The molecule has 1 N–H and O–H groups in total. The Morgan fingerprint density at radius 1 is 1.38 bits per heavy atom. The summed E-state index contributed by atoms with van der Waals surface area (Å²) in [7, 11) is 0. The summed E-state index contributed by atoms with van der Waals surface area (Å²) in [5.74, 6) is 0.675. The third-order valence-corrected chi connectivity index (χ3v) is 4.12. The molecule has 2 aromatic rings. The third-order valence-electron chi connectivity index (χ3n) is 4.12. The fraction of sp³-hybridized carbons (Fsp3) is 0.444. The number of carbonyl (C=O) groups excluding carboxylic acids is 1. The van der Waals surface area contributed by atoms with Crippen molar-refractivity contribution in [2.75, 3.05) is 19.7 Å². The molecule has 1 fully saturated rings. The summed E-state index contributed by atoms with van der Waals surface area (Å²) in [4.78, 5) is 14.1. The standard InChI is InChI=1S/C18H23N3O3/c1-2-15-11-16(24-20-15)12-19-18(22)21-8-9-23-17(13-21)10-14-6-4-3-5-7-14/h3-7,11,17H,2,8-10,12-13H2,1H3,(H,19,22). The van der Waals surface area contributed by atoms with E-state index in [9.17, 15) is 4.79 Å². The van der Waals surface area contributed by atoms with Crippen LogP contribution in [0.3, 0.4) is 0 Å². The van der Waals surface area contributed by atoms with Gasteiger partial charge < -0.3 is 19.5 Å². The molecule has 3 rings (SSSR count). The molecule has 1 aromatic carbocycles. The van der Waals surface area contributed by atoms with E-state index in [-0.39, 0.29) is 12.1 Å². The van der Waals surface area contributed by atoms with Crippen molar-refractivity contribution in [3.8, 4) is 0 Å². The van der Waals surface area contributed by atoms with E-state index < -0.39 is 0 Å². The first-order valence-corrected chi connectivity index (χ1v) is 8.37. The number of morpholine rings is 1.